The van der Waals surface area contributed by atoms with Crippen LogP contribution in [0.4, 0.5) is 5.69 Å². The lowest BCUT2D eigenvalue weighted by Crippen LogP contribution is -2.30. The third-order valence-electron chi connectivity index (χ3n) is 4.35. The van der Waals surface area contributed by atoms with Crippen molar-refractivity contribution in [1.82, 2.24) is 3.96 Å². The third-order valence-corrected chi connectivity index (χ3v) is 6.76. The number of fused-ring (bicyclic) bond motifs is 3. The van der Waals surface area contributed by atoms with Crippen LogP contribution < -0.4 is 5.32 Å². The van der Waals surface area contributed by atoms with Crippen molar-refractivity contribution in [3.05, 3.63) is 61.5 Å². The fourth-order valence-electron chi connectivity index (χ4n) is 3.24. The van der Waals surface area contributed by atoms with Crippen molar-refractivity contribution in [3.63, 3.8) is 0 Å². The van der Waals surface area contributed by atoms with Crippen LogP contribution in [0.3, 0.4) is 0 Å². The third kappa shape index (κ3) is 2.81. The number of aromatic nitrogens is 1. The highest BCUT2D eigenvalue weighted by Crippen LogP contribution is 2.47. The molecule has 1 N–H and O–H groups in total. The molecule has 0 unspecified atom stereocenters. The highest BCUT2D eigenvalue weighted by atomic mass is 35.5. The molecule has 3 aromatic rings. The minimum Gasteiger partial charge on any atom is -0.375 e. The van der Waals surface area contributed by atoms with Crippen LogP contribution in [0.1, 0.15) is 24.3 Å². The number of rotatable bonds is 1. The monoisotopic (exact) mass is 406 g/mol. The summed E-state index contributed by atoms with van der Waals surface area (Å²) in [7, 11) is 0. The molecule has 2 nitrogen and oxygen atoms in total. The zero-order chi connectivity index (χ0) is 17.9. The molecule has 1 aliphatic rings. The van der Waals surface area contributed by atoms with Gasteiger partial charge in [-0.2, -0.15) is 0 Å². The van der Waals surface area contributed by atoms with Gasteiger partial charge in [0.25, 0.3) is 0 Å². The molecule has 1 aromatic heterocycles. The zero-order valence-electron chi connectivity index (χ0n) is 14.0. The van der Waals surface area contributed by atoms with Gasteiger partial charge in [-0.1, -0.05) is 58.6 Å². The van der Waals surface area contributed by atoms with Gasteiger partial charge in [0.1, 0.15) is 4.64 Å². The summed E-state index contributed by atoms with van der Waals surface area (Å²) < 4.78 is 2.83. The smallest absolute Gasteiger partial charge is 0.129 e. The van der Waals surface area contributed by atoms with Crippen molar-refractivity contribution in [3.8, 4) is 16.8 Å². The standard InChI is InChI=1S/C19H16Cl2N2S2/c1-10-4-5-15-14(6-10)16-17(19(2,3)22-15)25-23(18(16)24)13-8-11(20)7-12(21)9-13/h4-9,22H,1-3H3. The molecule has 0 saturated carbocycles. The van der Waals surface area contributed by atoms with Crippen LogP contribution in [0, 0.1) is 11.6 Å². The summed E-state index contributed by atoms with van der Waals surface area (Å²) in [6.07, 6.45) is 0. The second-order valence-electron chi connectivity index (χ2n) is 6.82. The Morgan fingerprint density at radius 1 is 1.08 bits per heavy atom. The Balaban J connectivity index is 2.03. The maximum Gasteiger partial charge on any atom is 0.129 e. The van der Waals surface area contributed by atoms with Crippen molar-refractivity contribution in [1.29, 1.82) is 0 Å². The van der Waals surface area contributed by atoms with Crippen LogP contribution in [0.25, 0.3) is 16.8 Å². The Labute approximate surface area is 166 Å². The summed E-state index contributed by atoms with van der Waals surface area (Å²) in [6.45, 7) is 6.45. The molecule has 0 radical (unpaired) electrons. The molecule has 25 heavy (non-hydrogen) atoms. The van der Waals surface area contributed by atoms with Gasteiger partial charge in [-0.25, -0.2) is 0 Å². The second kappa shape index (κ2) is 5.85. The van der Waals surface area contributed by atoms with Crippen LogP contribution in [0.2, 0.25) is 10.0 Å². The van der Waals surface area contributed by atoms with Crippen LogP contribution in [0.5, 0.6) is 0 Å². The van der Waals surface area contributed by atoms with Gasteiger partial charge >= 0.3 is 0 Å². The summed E-state index contributed by atoms with van der Waals surface area (Å²) in [5, 5.41) is 4.84. The zero-order valence-corrected chi connectivity index (χ0v) is 17.1. The Bertz CT molecular complexity index is 1040. The Hall–Kier alpha value is -1.33. The van der Waals surface area contributed by atoms with E-state index in [0.29, 0.717) is 10.0 Å². The number of nitrogens with one attached hydrogen (secondary N) is 1. The van der Waals surface area contributed by atoms with Crippen LogP contribution in [-0.2, 0) is 5.54 Å². The molecule has 0 spiro atoms. The molecule has 1 aliphatic heterocycles. The number of anilines is 1. The van der Waals surface area contributed by atoms with Crippen molar-refractivity contribution in [2.45, 2.75) is 26.3 Å². The molecule has 0 atom stereocenters. The predicted octanol–water partition coefficient (Wildman–Crippen LogP) is 7.21. The van der Waals surface area contributed by atoms with E-state index in [1.165, 1.54) is 10.4 Å². The van der Waals surface area contributed by atoms with E-state index in [2.05, 4.69) is 44.3 Å². The summed E-state index contributed by atoms with van der Waals surface area (Å²) >= 11 is 19.9. The van der Waals surface area contributed by atoms with E-state index in [0.717, 1.165) is 27.1 Å². The van der Waals surface area contributed by atoms with Crippen molar-refractivity contribution >= 4 is 52.6 Å². The predicted molar refractivity (Wildman–Crippen MR) is 111 cm³/mol. The molecule has 128 valence electrons. The van der Waals surface area contributed by atoms with Crippen LogP contribution in [0.15, 0.2) is 36.4 Å². The van der Waals surface area contributed by atoms with Gasteiger partial charge in [-0.15, -0.1) is 0 Å². The van der Waals surface area contributed by atoms with Gasteiger partial charge in [0, 0.05) is 26.9 Å². The highest BCUT2D eigenvalue weighted by Gasteiger charge is 2.34. The first-order chi connectivity index (χ1) is 11.8. The van der Waals surface area contributed by atoms with Gasteiger partial charge in [0.2, 0.25) is 0 Å². The van der Waals surface area contributed by atoms with Crippen molar-refractivity contribution < 1.29 is 0 Å². The molecule has 0 fully saturated rings. The number of hydrogen-bond donors (Lipinski definition) is 1. The molecular formula is C19H16Cl2N2S2. The summed E-state index contributed by atoms with van der Waals surface area (Å²) in [5.41, 5.74) is 5.30. The van der Waals surface area contributed by atoms with E-state index < -0.39 is 0 Å². The van der Waals surface area contributed by atoms with Gasteiger partial charge < -0.3 is 5.32 Å². The Morgan fingerprint density at radius 2 is 1.76 bits per heavy atom. The molecule has 6 heteroatoms. The fourth-order valence-corrected chi connectivity index (χ4v) is 5.39. The van der Waals surface area contributed by atoms with E-state index >= 15 is 0 Å². The largest absolute Gasteiger partial charge is 0.375 e. The van der Waals surface area contributed by atoms with Gasteiger partial charge in [0.15, 0.2) is 0 Å². The van der Waals surface area contributed by atoms with E-state index in [1.54, 1.807) is 17.6 Å². The normalized spacial score (nSPS) is 14.6. The minimum atomic E-state index is -0.205. The van der Waals surface area contributed by atoms with Crippen LogP contribution >= 0.6 is 47.0 Å². The minimum absolute atomic E-state index is 0.205. The highest BCUT2D eigenvalue weighted by molar-refractivity contribution is 7.71. The topological polar surface area (TPSA) is 17.0 Å². The average Bonchev–Trinajstić information content (AvgIpc) is 2.86. The number of halogens is 2. The number of nitrogens with zero attached hydrogens (tertiary/aromatic N) is 1. The quantitative estimate of drug-likeness (QED) is 0.429. The second-order valence-corrected chi connectivity index (χ2v) is 9.04. The van der Waals surface area contributed by atoms with Crippen molar-refractivity contribution in [2.75, 3.05) is 5.32 Å². The van der Waals surface area contributed by atoms with E-state index in [-0.39, 0.29) is 5.54 Å². The number of aryl methyl sites for hydroxylation is 1. The van der Waals surface area contributed by atoms with Crippen molar-refractivity contribution in [2.24, 2.45) is 0 Å². The van der Waals surface area contributed by atoms with E-state index in [4.69, 9.17) is 35.4 Å². The SMILES string of the molecule is Cc1ccc2c(c1)-c1c(sn(-c3cc(Cl)cc(Cl)c3)c1=S)C(C)(C)N2. The van der Waals surface area contributed by atoms with Gasteiger partial charge in [0.05, 0.1) is 16.1 Å². The fraction of sp³-hybridized carbons (Fsp3) is 0.211. The van der Waals surface area contributed by atoms with Crippen LogP contribution in [-0.4, -0.2) is 3.96 Å². The molecule has 2 aromatic carbocycles. The van der Waals surface area contributed by atoms with Gasteiger partial charge in [-0.05, 0) is 51.1 Å². The molecule has 2 heterocycles. The molecule has 0 aliphatic carbocycles. The molecule has 0 bridgehead atoms. The lowest BCUT2D eigenvalue weighted by molar-refractivity contribution is 0.620. The summed E-state index contributed by atoms with van der Waals surface area (Å²) in [6, 6.07) is 11.9. The molecule has 0 saturated heterocycles. The maximum atomic E-state index is 6.20. The number of benzene rings is 2. The van der Waals surface area contributed by atoms with E-state index in [1.807, 2.05) is 16.1 Å². The van der Waals surface area contributed by atoms with E-state index in [9.17, 15) is 0 Å². The average molecular weight is 407 g/mol. The number of hydrogen-bond acceptors (Lipinski definition) is 3. The van der Waals surface area contributed by atoms with Gasteiger partial charge in [-0.3, -0.25) is 3.96 Å². The summed E-state index contributed by atoms with van der Waals surface area (Å²) in [4.78, 5) is 1.21. The first-order valence-corrected chi connectivity index (χ1v) is 9.82. The first-order valence-electron chi connectivity index (χ1n) is 7.89. The lowest BCUT2D eigenvalue weighted by Gasteiger charge is -2.33. The molecule has 0 amide bonds. The Morgan fingerprint density at radius 3 is 2.44 bits per heavy atom. The maximum absolute atomic E-state index is 6.20. The summed E-state index contributed by atoms with van der Waals surface area (Å²) in [5.74, 6) is 0. The molecule has 4 rings (SSSR count). The molecular weight excluding hydrogens is 391 g/mol. The Kier molecular flexibility index (Phi) is 4.00. The lowest BCUT2D eigenvalue weighted by atomic mass is 9.89. The first kappa shape index (κ1) is 17.1.